The Bertz CT molecular complexity index is 493. The minimum Gasteiger partial charge on any atom is -0.335 e. The van der Waals surface area contributed by atoms with Crippen molar-refractivity contribution in [1.29, 1.82) is 0 Å². The van der Waals surface area contributed by atoms with Crippen LogP contribution in [0.25, 0.3) is 0 Å². The predicted octanol–water partition coefficient (Wildman–Crippen LogP) is 2.84. The molecule has 1 aromatic rings. The van der Waals surface area contributed by atoms with E-state index in [1.807, 2.05) is 9.58 Å². The second-order valence-corrected chi connectivity index (χ2v) is 7.34. The van der Waals surface area contributed by atoms with E-state index in [-0.39, 0.29) is 6.03 Å². The van der Waals surface area contributed by atoms with Crippen LogP contribution in [-0.4, -0.2) is 44.8 Å². The molecular formula is C17H29N5O. The molecule has 1 aliphatic heterocycles. The lowest BCUT2D eigenvalue weighted by atomic mass is 9.78. The molecule has 2 heterocycles. The maximum Gasteiger partial charge on any atom is 0.317 e. The fourth-order valence-electron chi connectivity index (χ4n) is 4.13. The molecule has 0 bridgehead atoms. The van der Waals surface area contributed by atoms with Crippen molar-refractivity contribution in [3.63, 3.8) is 0 Å². The molecule has 1 saturated heterocycles. The van der Waals surface area contributed by atoms with Gasteiger partial charge in [0.1, 0.15) is 12.7 Å². The van der Waals surface area contributed by atoms with Crippen molar-refractivity contribution >= 4 is 6.03 Å². The van der Waals surface area contributed by atoms with Gasteiger partial charge < -0.3 is 10.2 Å². The highest BCUT2D eigenvalue weighted by molar-refractivity contribution is 5.74. The van der Waals surface area contributed by atoms with Crippen molar-refractivity contribution in [1.82, 2.24) is 25.0 Å². The van der Waals surface area contributed by atoms with Crippen molar-refractivity contribution in [2.75, 3.05) is 13.1 Å². The summed E-state index contributed by atoms with van der Waals surface area (Å²) in [6, 6.07) is 0.850. The topological polar surface area (TPSA) is 63.1 Å². The van der Waals surface area contributed by atoms with Crippen LogP contribution in [0.5, 0.6) is 0 Å². The molecule has 6 nitrogen and oxygen atoms in total. The third kappa shape index (κ3) is 3.85. The van der Waals surface area contributed by atoms with Gasteiger partial charge in [0.2, 0.25) is 0 Å². The molecule has 2 atom stereocenters. The molecule has 128 valence electrons. The number of nitrogens with one attached hydrogen (secondary N) is 1. The van der Waals surface area contributed by atoms with Gasteiger partial charge in [-0.2, -0.15) is 5.10 Å². The normalized spacial score (nSPS) is 26.5. The summed E-state index contributed by atoms with van der Waals surface area (Å²) in [5.41, 5.74) is 0. The largest absolute Gasteiger partial charge is 0.335 e. The van der Waals surface area contributed by atoms with Crippen LogP contribution in [-0.2, 0) is 0 Å². The third-order valence-electron chi connectivity index (χ3n) is 5.55. The number of amides is 2. The van der Waals surface area contributed by atoms with E-state index in [0.29, 0.717) is 23.9 Å². The number of piperidine rings is 1. The van der Waals surface area contributed by atoms with Crippen molar-refractivity contribution in [3.8, 4) is 0 Å². The fraction of sp³-hybridized carbons (Fsp3) is 0.824. The van der Waals surface area contributed by atoms with Gasteiger partial charge in [-0.25, -0.2) is 14.5 Å². The van der Waals surface area contributed by atoms with E-state index in [9.17, 15) is 4.79 Å². The number of aromatic nitrogens is 3. The van der Waals surface area contributed by atoms with Crippen LogP contribution in [0.1, 0.15) is 58.4 Å². The molecule has 0 unspecified atom stereocenters. The summed E-state index contributed by atoms with van der Waals surface area (Å²) in [7, 11) is 0. The molecule has 0 aromatic carbocycles. The van der Waals surface area contributed by atoms with Gasteiger partial charge in [0, 0.05) is 19.1 Å². The van der Waals surface area contributed by atoms with E-state index in [2.05, 4.69) is 29.2 Å². The number of rotatable bonds is 3. The minimum atomic E-state index is 0.125. The lowest BCUT2D eigenvalue weighted by molar-refractivity contribution is 0.148. The number of carbonyl (C=O) groups is 1. The lowest BCUT2D eigenvalue weighted by Gasteiger charge is -2.38. The molecule has 1 aromatic heterocycles. The molecule has 3 rings (SSSR count). The minimum absolute atomic E-state index is 0.125. The molecule has 2 aliphatic rings. The summed E-state index contributed by atoms with van der Waals surface area (Å²) in [5.74, 6) is 1.26. The maximum atomic E-state index is 12.6. The highest BCUT2D eigenvalue weighted by Crippen LogP contribution is 2.30. The lowest BCUT2D eigenvalue weighted by Crippen LogP contribution is -2.51. The number of urea groups is 1. The zero-order valence-electron chi connectivity index (χ0n) is 14.3. The van der Waals surface area contributed by atoms with E-state index in [1.165, 1.54) is 19.3 Å². The second-order valence-electron chi connectivity index (χ2n) is 7.34. The summed E-state index contributed by atoms with van der Waals surface area (Å²) < 4.78 is 1.92. The van der Waals surface area contributed by atoms with Crippen molar-refractivity contribution in [3.05, 3.63) is 12.7 Å². The Morgan fingerprint density at radius 2 is 1.91 bits per heavy atom. The zero-order chi connectivity index (χ0) is 16.2. The zero-order valence-corrected chi connectivity index (χ0v) is 14.3. The molecule has 2 fully saturated rings. The quantitative estimate of drug-likeness (QED) is 0.932. The summed E-state index contributed by atoms with van der Waals surface area (Å²) in [4.78, 5) is 18.6. The first-order valence-electron chi connectivity index (χ1n) is 9.04. The Hall–Kier alpha value is -1.59. The standard InChI is InChI=1S/C17H29N5O/c1-13(2)15-5-3-4-6-16(15)20-17(23)21-9-7-14(8-10-21)22-12-18-11-19-22/h11-16H,3-10H2,1-2H3,(H,20,23)/t15-,16+/m0/s1. The highest BCUT2D eigenvalue weighted by Gasteiger charge is 2.31. The Labute approximate surface area is 138 Å². The smallest absolute Gasteiger partial charge is 0.317 e. The second kappa shape index (κ2) is 7.32. The summed E-state index contributed by atoms with van der Waals surface area (Å²) in [6.07, 6.45) is 10.2. The molecule has 0 radical (unpaired) electrons. The first-order valence-corrected chi connectivity index (χ1v) is 9.04. The average molecular weight is 319 g/mol. The fourth-order valence-corrected chi connectivity index (χ4v) is 4.13. The Kier molecular flexibility index (Phi) is 5.18. The monoisotopic (exact) mass is 319 g/mol. The van der Waals surface area contributed by atoms with Gasteiger partial charge in [-0.05, 0) is 37.5 Å². The van der Waals surface area contributed by atoms with Gasteiger partial charge in [-0.1, -0.05) is 26.7 Å². The number of hydrogen-bond donors (Lipinski definition) is 1. The Morgan fingerprint density at radius 3 is 2.57 bits per heavy atom. The van der Waals surface area contributed by atoms with Gasteiger partial charge >= 0.3 is 6.03 Å². The van der Waals surface area contributed by atoms with Crippen molar-refractivity contribution in [2.45, 2.75) is 64.5 Å². The first-order chi connectivity index (χ1) is 11.1. The predicted molar refractivity (Wildman–Crippen MR) is 89.0 cm³/mol. The van der Waals surface area contributed by atoms with Crippen LogP contribution in [0.4, 0.5) is 4.79 Å². The van der Waals surface area contributed by atoms with E-state index < -0.39 is 0 Å². The van der Waals surface area contributed by atoms with E-state index >= 15 is 0 Å². The third-order valence-corrected chi connectivity index (χ3v) is 5.55. The van der Waals surface area contributed by atoms with Crippen LogP contribution >= 0.6 is 0 Å². The van der Waals surface area contributed by atoms with Crippen LogP contribution in [0.2, 0.25) is 0 Å². The highest BCUT2D eigenvalue weighted by atomic mass is 16.2. The van der Waals surface area contributed by atoms with Gasteiger partial charge in [0.05, 0.1) is 6.04 Å². The van der Waals surface area contributed by atoms with Gasteiger partial charge in [0.25, 0.3) is 0 Å². The average Bonchev–Trinajstić information content (AvgIpc) is 3.10. The van der Waals surface area contributed by atoms with Gasteiger partial charge in [-0.15, -0.1) is 0 Å². The molecule has 6 heteroatoms. The van der Waals surface area contributed by atoms with Crippen LogP contribution in [0, 0.1) is 11.8 Å². The summed E-state index contributed by atoms with van der Waals surface area (Å²) in [6.45, 7) is 6.16. The van der Waals surface area contributed by atoms with E-state index in [0.717, 1.165) is 32.4 Å². The Balaban J connectivity index is 1.51. The molecule has 1 N–H and O–H groups in total. The summed E-state index contributed by atoms with van der Waals surface area (Å²) >= 11 is 0. The van der Waals surface area contributed by atoms with Crippen LogP contribution in [0.15, 0.2) is 12.7 Å². The van der Waals surface area contributed by atoms with Crippen molar-refractivity contribution < 1.29 is 4.79 Å². The Morgan fingerprint density at radius 1 is 1.17 bits per heavy atom. The molecule has 1 aliphatic carbocycles. The number of hydrogen-bond acceptors (Lipinski definition) is 3. The molecule has 23 heavy (non-hydrogen) atoms. The first kappa shape index (κ1) is 16.3. The number of likely N-dealkylation sites (tertiary alicyclic amines) is 1. The van der Waals surface area contributed by atoms with Gasteiger partial charge in [-0.3, -0.25) is 0 Å². The van der Waals surface area contributed by atoms with Crippen molar-refractivity contribution in [2.24, 2.45) is 11.8 Å². The summed E-state index contributed by atoms with van der Waals surface area (Å²) in [5, 5.41) is 7.54. The SMILES string of the molecule is CC(C)[C@@H]1CCCC[C@H]1NC(=O)N1CCC(n2cncn2)CC1. The molecular weight excluding hydrogens is 290 g/mol. The van der Waals surface area contributed by atoms with E-state index in [1.54, 1.807) is 12.7 Å². The molecule has 2 amide bonds. The molecule has 1 saturated carbocycles. The number of nitrogens with zero attached hydrogens (tertiary/aromatic N) is 4. The van der Waals surface area contributed by atoms with Crippen LogP contribution in [0.3, 0.4) is 0 Å². The molecule has 0 spiro atoms. The number of carbonyl (C=O) groups excluding carboxylic acids is 1. The van der Waals surface area contributed by atoms with E-state index in [4.69, 9.17) is 0 Å². The van der Waals surface area contributed by atoms with Gasteiger partial charge in [0.15, 0.2) is 0 Å². The van der Waals surface area contributed by atoms with Crippen LogP contribution < -0.4 is 5.32 Å². The maximum absolute atomic E-state index is 12.6.